The van der Waals surface area contributed by atoms with Gasteiger partial charge in [-0.15, -0.1) is 0 Å². The van der Waals surface area contributed by atoms with Gasteiger partial charge >= 0.3 is 0 Å². The van der Waals surface area contributed by atoms with Gasteiger partial charge in [-0.1, -0.05) is 13.8 Å². The van der Waals surface area contributed by atoms with Crippen molar-refractivity contribution < 1.29 is 9.53 Å². The van der Waals surface area contributed by atoms with E-state index < -0.39 is 0 Å². The zero-order chi connectivity index (χ0) is 11.4. The van der Waals surface area contributed by atoms with Crippen LogP contribution in [0.25, 0.3) is 0 Å². The van der Waals surface area contributed by atoms with Crippen LogP contribution in [0, 0.1) is 5.92 Å². The van der Waals surface area contributed by atoms with Gasteiger partial charge in [-0.3, -0.25) is 4.79 Å². The van der Waals surface area contributed by atoms with Gasteiger partial charge in [0.05, 0.1) is 7.11 Å². The van der Waals surface area contributed by atoms with Crippen LogP contribution in [0.4, 0.5) is 0 Å². The van der Waals surface area contributed by atoms with Crippen LogP contribution in [-0.4, -0.2) is 17.9 Å². The predicted molar refractivity (Wildman–Crippen MR) is 59.0 cm³/mol. The number of hydrogen-bond donors (Lipinski definition) is 0. The summed E-state index contributed by atoms with van der Waals surface area (Å²) in [6.45, 7) is 5.70. The Hall–Kier alpha value is -1.38. The Morgan fingerprint density at radius 1 is 1.47 bits per heavy atom. The second kappa shape index (κ2) is 4.91. The van der Waals surface area contributed by atoms with E-state index >= 15 is 0 Å². The van der Waals surface area contributed by atoms with Crippen LogP contribution in [0.5, 0.6) is 5.88 Å². The molecular weight excluding hydrogens is 190 g/mol. The van der Waals surface area contributed by atoms with E-state index in [0.29, 0.717) is 5.88 Å². The highest BCUT2D eigenvalue weighted by atomic mass is 16.5. The molecule has 0 aromatic carbocycles. The van der Waals surface area contributed by atoms with Crippen molar-refractivity contribution in [3.8, 4) is 5.88 Å². The maximum Gasteiger partial charge on any atom is 0.213 e. The van der Waals surface area contributed by atoms with Gasteiger partial charge in [0.1, 0.15) is 5.78 Å². The fourth-order valence-electron chi connectivity index (χ4n) is 1.82. The molecule has 0 fully saturated rings. The Morgan fingerprint density at radius 2 is 2.13 bits per heavy atom. The molecule has 1 unspecified atom stereocenters. The van der Waals surface area contributed by atoms with E-state index in [9.17, 15) is 4.79 Å². The van der Waals surface area contributed by atoms with Crippen molar-refractivity contribution in [2.24, 2.45) is 5.92 Å². The average Bonchev–Trinajstić information content (AvgIpc) is 2.17. The fraction of sp³-hybridized carbons (Fsp3) is 0.500. The number of pyridine rings is 1. The maximum absolute atomic E-state index is 11.5. The number of methoxy groups -OCH3 is 1. The molecule has 1 rings (SSSR count). The fourth-order valence-corrected chi connectivity index (χ4v) is 1.82. The van der Waals surface area contributed by atoms with Crippen molar-refractivity contribution in [2.75, 3.05) is 7.11 Å². The molecule has 0 aliphatic carbocycles. The number of carbonyl (C=O) groups is 1. The normalized spacial score (nSPS) is 12.6. The third-order valence-electron chi connectivity index (χ3n) is 2.43. The number of rotatable bonds is 4. The molecule has 0 aliphatic heterocycles. The van der Waals surface area contributed by atoms with Crippen LogP contribution in [0.1, 0.15) is 32.3 Å². The second-order valence-corrected chi connectivity index (χ2v) is 3.96. The minimum atomic E-state index is -0.0677. The summed E-state index contributed by atoms with van der Waals surface area (Å²) in [5.74, 6) is 0.953. The van der Waals surface area contributed by atoms with E-state index in [0.717, 1.165) is 5.56 Å². The number of aromatic nitrogens is 1. The summed E-state index contributed by atoms with van der Waals surface area (Å²) < 4.78 is 5.04. The van der Waals surface area contributed by atoms with Crippen molar-refractivity contribution >= 4 is 5.78 Å². The molecule has 0 amide bonds. The molecule has 0 saturated heterocycles. The number of nitrogens with zero attached hydrogens (tertiary/aromatic N) is 1. The van der Waals surface area contributed by atoms with Gasteiger partial charge in [0.25, 0.3) is 0 Å². The molecule has 0 saturated carbocycles. The Bertz CT molecular complexity index is 347. The van der Waals surface area contributed by atoms with Gasteiger partial charge in [-0.25, -0.2) is 4.98 Å². The Kier molecular flexibility index (Phi) is 3.83. The van der Waals surface area contributed by atoms with Crippen molar-refractivity contribution in [2.45, 2.75) is 26.7 Å². The maximum atomic E-state index is 11.5. The smallest absolute Gasteiger partial charge is 0.213 e. The van der Waals surface area contributed by atoms with Gasteiger partial charge in [0.2, 0.25) is 5.88 Å². The van der Waals surface area contributed by atoms with Crippen molar-refractivity contribution in [1.29, 1.82) is 0 Å². The molecule has 1 aromatic rings. The van der Waals surface area contributed by atoms with Gasteiger partial charge in [-0.2, -0.15) is 0 Å². The summed E-state index contributed by atoms with van der Waals surface area (Å²) in [5.41, 5.74) is 0.976. The van der Waals surface area contributed by atoms with Gasteiger partial charge < -0.3 is 4.74 Å². The van der Waals surface area contributed by atoms with Crippen LogP contribution >= 0.6 is 0 Å². The zero-order valence-corrected chi connectivity index (χ0v) is 9.65. The highest BCUT2D eigenvalue weighted by molar-refractivity contribution is 5.83. The Labute approximate surface area is 90.5 Å². The highest BCUT2D eigenvalue weighted by Crippen LogP contribution is 2.26. The zero-order valence-electron chi connectivity index (χ0n) is 9.65. The number of hydrogen-bond acceptors (Lipinski definition) is 3. The summed E-state index contributed by atoms with van der Waals surface area (Å²) in [7, 11) is 1.57. The van der Waals surface area contributed by atoms with Crippen LogP contribution in [-0.2, 0) is 4.79 Å². The minimum absolute atomic E-state index is 0.0677. The Morgan fingerprint density at radius 3 is 2.60 bits per heavy atom. The van der Waals surface area contributed by atoms with Crippen LogP contribution in [0.3, 0.4) is 0 Å². The first-order valence-corrected chi connectivity index (χ1v) is 5.06. The lowest BCUT2D eigenvalue weighted by Gasteiger charge is -2.18. The predicted octanol–water partition coefficient (Wildman–Crippen LogP) is 2.42. The molecule has 1 heterocycles. The van der Waals surface area contributed by atoms with E-state index in [1.165, 1.54) is 0 Å². The molecule has 0 spiro atoms. The molecule has 1 aromatic heterocycles. The summed E-state index contributed by atoms with van der Waals surface area (Å²) in [4.78, 5) is 15.5. The molecule has 82 valence electrons. The SMILES string of the molecule is COc1cc(C(C(C)=O)C(C)C)ccn1. The lowest BCUT2D eigenvalue weighted by molar-refractivity contribution is -0.119. The third kappa shape index (κ3) is 2.78. The van der Waals surface area contributed by atoms with E-state index in [1.807, 2.05) is 26.0 Å². The van der Waals surface area contributed by atoms with E-state index in [4.69, 9.17) is 4.74 Å². The van der Waals surface area contributed by atoms with E-state index in [1.54, 1.807) is 20.2 Å². The second-order valence-electron chi connectivity index (χ2n) is 3.96. The number of ketones is 1. The quantitative estimate of drug-likeness (QED) is 0.761. The molecule has 0 radical (unpaired) electrons. The monoisotopic (exact) mass is 207 g/mol. The summed E-state index contributed by atoms with van der Waals surface area (Å²) in [6.07, 6.45) is 1.67. The first kappa shape index (κ1) is 11.7. The molecule has 0 N–H and O–H groups in total. The van der Waals surface area contributed by atoms with Crippen molar-refractivity contribution in [1.82, 2.24) is 4.98 Å². The first-order chi connectivity index (χ1) is 7.06. The number of carbonyl (C=O) groups excluding carboxylic acids is 1. The summed E-state index contributed by atoms with van der Waals surface area (Å²) in [6, 6.07) is 3.70. The lowest BCUT2D eigenvalue weighted by atomic mass is 9.86. The molecule has 3 heteroatoms. The topological polar surface area (TPSA) is 39.2 Å². The van der Waals surface area contributed by atoms with Crippen LogP contribution in [0.15, 0.2) is 18.3 Å². The molecule has 15 heavy (non-hydrogen) atoms. The average molecular weight is 207 g/mol. The third-order valence-corrected chi connectivity index (χ3v) is 2.43. The minimum Gasteiger partial charge on any atom is -0.481 e. The van der Waals surface area contributed by atoms with Crippen molar-refractivity contribution in [3.05, 3.63) is 23.9 Å². The highest BCUT2D eigenvalue weighted by Gasteiger charge is 2.20. The summed E-state index contributed by atoms with van der Waals surface area (Å²) >= 11 is 0. The molecule has 0 aliphatic rings. The first-order valence-electron chi connectivity index (χ1n) is 5.06. The number of ether oxygens (including phenoxy) is 1. The van der Waals surface area contributed by atoms with Crippen LogP contribution < -0.4 is 4.74 Å². The van der Waals surface area contributed by atoms with Gasteiger partial charge in [0.15, 0.2) is 0 Å². The molecule has 1 atom stereocenters. The standard InChI is InChI=1S/C12H17NO2/c1-8(2)12(9(3)14)10-5-6-13-11(7-10)15-4/h5-8,12H,1-4H3. The lowest BCUT2D eigenvalue weighted by Crippen LogP contribution is -2.15. The van der Waals surface area contributed by atoms with Crippen molar-refractivity contribution in [3.63, 3.8) is 0 Å². The largest absolute Gasteiger partial charge is 0.481 e. The molecule has 3 nitrogen and oxygen atoms in total. The summed E-state index contributed by atoms with van der Waals surface area (Å²) in [5, 5.41) is 0. The van der Waals surface area contributed by atoms with E-state index in [2.05, 4.69) is 4.98 Å². The van der Waals surface area contributed by atoms with Gasteiger partial charge in [0, 0.05) is 18.2 Å². The molecule has 0 bridgehead atoms. The number of Topliss-reactive ketones (excluding diaryl/α,β-unsaturated/α-hetero) is 1. The Balaban J connectivity index is 3.05. The van der Waals surface area contributed by atoms with E-state index in [-0.39, 0.29) is 17.6 Å². The molecular formula is C12H17NO2. The van der Waals surface area contributed by atoms with Crippen LogP contribution in [0.2, 0.25) is 0 Å². The van der Waals surface area contributed by atoms with Gasteiger partial charge in [-0.05, 0) is 24.5 Å².